The number of carbonyl (C=O) groups excluding carboxylic acids is 1. The summed E-state index contributed by atoms with van der Waals surface area (Å²) in [6.07, 6.45) is 3.51. The fourth-order valence-corrected chi connectivity index (χ4v) is 3.48. The molecule has 0 aliphatic carbocycles. The number of thiazole rings is 1. The second kappa shape index (κ2) is 8.12. The monoisotopic (exact) mass is 402 g/mol. The van der Waals surface area contributed by atoms with E-state index in [0.29, 0.717) is 11.3 Å². The van der Waals surface area contributed by atoms with E-state index in [4.69, 9.17) is 0 Å². The number of hydrogen-bond donors (Lipinski definition) is 3. The van der Waals surface area contributed by atoms with E-state index in [9.17, 15) is 9.90 Å². The lowest BCUT2D eigenvalue weighted by Crippen LogP contribution is -2.11. The minimum absolute atomic E-state index is 0.123. The van der Waals surface area contributed by atoms with E-state index in [-0.39, 0.29) is 11.7 Å². The Morgan fingerprint density at radius 3 is 2.69 bits per heavy atom. The molecular weight excluding hydrogens is 384 g/mol. The van der Waals surface area contributed by atoms with E-state index in [0.717, 1.165) is 27.6 Å². The van der Waals surface area contributed by atoms with Crippen LogP contribution < -0.4 is 10.6 Å². The number of pyridine rings is 1. The van der Waals surface area contributed by atoms with Crippen molar-refractivity contribution in [3.05, 3.63) is 83.5 Å². The predicted molar refractivity (Wildman–Crippen MR) is 116 cm³/mol. The highest BCUT2D eigenvalue weighted by Gasteiger charge is 2.10. The van der Waals surface area contributed by atoms with Gasteiger partial charge in [-0.05, 0) is 61.0 Å². The fraction of sp³-hybridized carbons (Fsp3) is 0.0455. The van der Waals surface area contributed by atoms with Crippen molar-refractivity contribution in [1.82, 2.24) is 9.97 Å². The molecule has 0 radical (unpaired) electrons. The lowest BCUT2D eigenvalue weighted by atomic mass is 10.1. The van der Waals surface area contributed by atoms with Crippen LogP contribution in [0.4, 0.5) is 16.5 Å². The molecule has 0 saturated heterocycles. The molecule has 0 unspecified atom stereocenters. The van der Waals surface area contributed by atoms with Gasteiger partial charge >= 0.3 is 0 Å². The van der Waals surface area contributed by atoms with Crippen LogP contribution in [-0.4, -0.2) is 21.0 Å². The van der Waals surface area contributed by atoms with Gasteiger partial charge in [-0.3, -0.25) is 9.78 Å². The number of amides is 1. The van der Waals surface area contributed by atoms with E-state index >= 15 is 0 Å². The zero-order valence-corrected chi connectivity index (χ0v) is 16.4. The summed E-state index contributed by atoms with van der Waals surface area (Å²) in [6, 6.07) is 15.6. The van der Waals surface area contributed by atoms with Crippen molar-refractivity contribution in [2.24, 2.45) is 0 Å². The van der Waals surface area contributed by atoms with Crippen molar-refractivity contribution in [3.8, 4) is 17.0 Å². The molecule has 29 heavy (non-hydrogen) atoms. The Morgan fingerprint density at radius 1 is 1.10 bits per heavy atom. The first-order valence-electron chi connectivity index (χ1n) is 8.92. The molecule has 7 heteroatoms. The van der Waals surface area contributed by atoms with Crippen LogP contribution in [0, 0.1) is 6.92 Å². The number of rotatable bonds is 5. The number of nitrogens with one attached hydrogen (secondary N) is 2. The molecule has 2 heterocycles. The molecular formula is C22H18N4O2S. The zero-order chi connectivity index (χ0) is 20.2. The molecule has 6 nitrogen and oxygen atoms in total. The Balaban J connectivity index is 1.51. The Hall–Kier alpha value is -3.71. The average Bonchev–Trinajstić information content (AvgIpc) is 3.20. The molecule has 4 rings (SSSR count). The van der Waals surface area contributed by atoms with Crippen molar-refractivity contribution in [2.45, 2.75) is 6.92 Å². The summed E-state index contributed by atoms with van der Waals surface area (Å²) in [5.74, 6) is -0.120. The molecule has 4 aromatic rings. The first-order valence-corrected chi connectivity index (χ1v) is 9.80. The Bertz CT molecular complexity index is 1140. The van der Waals surface area contributed by atoms with Gasteiger partial charge in [0.15, 0.2) is 5.13 Å². The van der Waals surface area contributed by atoms with Crippen molar-refractivity contribution in [3.63, 3.8) is 0 Å². The molecule has 0 bridgehead atoms. The molecule has 2 aromatic carbocycles. The second-order valence-electron chi connectivity index (χ2n) is 6.44. The minimum atomic E-state index is -0.243. The number of carbonyl (C=O) groups is 1. The molecule has 144 valence electrons. The Labute approximate surface area is 171 Å². The Morgan fingerprint density at radius 2 is 1.93 bits per heavy atom. The van der Waals surface area contributed by atoms with Gasteiger partial charge in [0.25, 0.3) is 5.91 Å². The third-order valence-electron chi connectivity index (χ3n) is 4.33. The number of aromatic nitrogens is 2. The summed E-state index contributed by atoms with van der Waals surface area (Å²) < 4.78 is 0. The van der Waals surface area contributed by atoms with E-state index in [1.54, 1.807) is 24.5 Å². The maximum atomic E-state index is 12.4. The molecule has 0 fully saturated rings. The number of benzene rings is 2. The number of aryl methyl sites for hydroxylation is 1. The largest absolute Gasteiger partial charge is 0.508 e. The molecule has 0 spiro atoms. The number of hydrogen-bond acceptors (Lipinski definition) is 6. The quantitative estimate of drug-likeness (QED) is 0.426. The highest BCUT2D eigenvalue weighted by Crippen LogP contribution is 2.29. The van der Waals surface area contributed by atoms with E-state index in [2.05, 4.69) is 20.6 Å². The van der Waals surface area contributed by atoms with Gasteiger partial charge in [0, 0.05) is 40.3 Å². The maximum absolute atomic E-state index is 12.4. The summed E-state index contributed by atoms with van der Waals surface area (Å²) in [5.41, 5.74) is 4.86. The van der Waals surface area contributed by atoms with Gasteiger partial charge in [0.1, 0.15) is 5.75 Å². The summed E-state index contributed by atoms with van der Waals surface area (Å²) >= 11 is 1.50. The minimum Gasteiger partial charge on any atom is -0.508 e. The number of aromatic hydroxyl groups is 1. The van der Waals surface area contributed by atoms with Gasteiger partial charge in [-0.25, -0.2) is 4.98 Å². The lowest BCUT2D eigenvalue weighted by molar-refractivity contribution is 0.102. The van der Waals surface area contributed by atoms with Gasteiger partial charge in [-0.2, -0.15) is 0 Å². The van der Waals surface area contributed by atoms with Crippen LogP contribution in [0.1, 0.15) is 15.9 Å². The molecule has 0 aliphatic rings. The zero-order valence-electron chi connectivity index (χ0n) is 15.6. The lowest BCUT2D eigenvalue weighted by Gasteiger charge is -2.11. The van der Waals surface area contributed by atoms with E-state index in [1.807, 2.05) is 42.6 Å². The van der Waals surface area contributed by atoms with Crippen LogP contribution in [0.25, 0.3) is 11.3 Å². The van der Waals surface area contributed by atoms with Gasteiger partial charge in [0.2, 0.25) is 0 Å². The van der Waals surface area contributed by atoms with Gasteiger partial charge in [-0.15, -0.1) is 11.3 Å². The molecule has 0 saturated carbocycles. The first kappa shape index (κ1) is 18.6. The van der Waals surface area contributed by atoms with Crippen molar-refractivity contribution in [2.75, 3.05) is 10.6 Å². The van der Waals surface area contributed by atoms with Crippen LogP contribution >= 0.6 is 11.3 Å². The van der Waals surface area contributed by atoms with Gasteiger partial charge in [-0.1, -0.05) is 6.07 Å². The smallest absolute Gasteiger partial charge is 0.255 e. The molecule has 0 aliphatic heterocycles. The standard InChI is InChI=1S/C22H18N4O2S/c1-14-4-7-17(24-21(28)15-5-8-18(27)9-6-15)11-19(14)25-22-26-20(13-29-22)16-3-2-10-23-12-16/h2-13,27H,1H3,(H,24,28)(H,25,26). The van der Waals surface area contributed by atoms with Crippen LogP contribution in [-0.2, 0) is 0 Å². The fourth-order valence-electron chi connectivity index (χ4n) is 2.74. The maximum Gasteiger partial charge on any atom is 0.255 e. The summed E-state index contributed by atoms with van der Waals surface area (Å²) in [5, 5.41) is 18.3. The van der Waals surface area contributed by atoms with Gasteiger partial charge in [0.05, 0.1) is 5.69 Å². The SMILES string of the molecule is Cc1ccc(NC(=O)c2ccc(O)cc2)cc1Nc1nc(-c2cccnc2)cs1. The molecule has 3 N–H and O–H groups in total. The summed E-state index contributed by atoms with van der Waals surface area (Å²) in [7, 11) is 0. The van der Waals surface area contributed by atoms with Crippen LogP contribution in [0.2, 0.25) is 0 Å². The molecule has 1 amide bonds. The number of phenolic OH excluding ortho intramolecular Hbond substituents is 1. The van der Waals surface area contributed by atoms with E-state index in [1.165, 1.54) is 23.5 Å². The number of anilines is 3. The first-order chi connectivity index (χ1) is 14.1. The average molecular weight is 402 g/mol. The molecule has 0 atom stereocenters. The third-order valence-corrected chi connectivity index (χ3v) is 5.09. The Kier molecular flexibility index (Phi) is 5.22. The van der Waals surface area contributed by atoms with Crippen LogP contribution in [0.3, 0.4) is 0 Å². The van der Waals surface area contributed by atoms with Crippen molar-refractivity contribution < 1.29 is 9.90 Å². The van der Waals surface area contributed by atoms with E-state index < -0.39 is 0 Å². The number of phenols is 1. The normalized spacial score (nSPS) is 10.5. The topological polar surface area (TPSA) is 87.1 Å². The highest BCUT2D eigenvalue weighted by atomic mass is 32.1. The second-order valence-corrected chi connectivity index (χ2v) is 7.29. The van der Waals surface area contributed by atoms with Crippen molar-refractivity contribution in [1.29, 1.82) is 0 Å². The van der Waals surface area contributed by atoms with Crippen molar-refractivity contribution >= 4 is 33.8 Å². The summed E-state index contributed by atoms with van der Waals surface area (Å²) in [6.45, 7) is 1.99. The predicted octanol–water partition coefficient (Wildman–Crippen LogP) is 5.22. The molecule has 2 aromatic heterocycles. The number of nitrogens with zero attached hydrogens (tertiary/aromatic N) is 2. The van der Waals surface area contributed by atoms with Gasteiger partial charge < -0.3 is 15.7 Å². The third kappa shape index (κ3) is 4.41. The van der Waals surface area contributed by atoms with Crippen LogP contribution in [0.15, 0.2) is 72.4 Å². The summed E-state index contributed by atoms with van der Waals surface area (Å²) in [4.78, 5) is 21.2. The highest BCUT2D eigenvalue weighted by molar-refractivity contribution is 7.14. The van der Waals surface area contributed by atoms with Crippen LogP contribution in [0.5, 0.6) is 5.75 Å².